The molecule has 0 bridgehead atoms. The van der Waals surface area contributed by atoms with Gasteiger partial charge in [0, 0.05) is 25.7 Å². The second-order valence-corrected chi connectivity index (χ2v) is 8.76. The Labute approximate surface area is 169 Å². The lowest BCUT2D eigenvalue weighted by Crippen LogP contribution is -2.32. The van der Waals surface area contributed by atoms with E-state index < -0.39 is 0 Å². The minimum atomic E-state index is 0.320. The summed E-state index contributed by atoms with van der Waals surface area (Å²) in [6, 6.07) is 18.3. The topological polar surface area (TPSA) is 15.7 Å². The second-order valence-electron chi connectivity index (χ2n) is 8.76. The van der Waals surface area contributed by atoms with E-state index in [-0.39, 0.29) is 0 Å². The monoisotopic (exact) mass is 376 g/mol. The predicted octanol–water partition coefficient (Wildman–Crippen LogP) is 4.81. The Balaban J connectivity index is 1.19. The van der Waals surface area contributed by atoms with Crippen LogP contribution >= 0.6 is 0 Å². The van der Waals surface area contributed by atoms with Crippen molar-refractivity contribution >= 4 is 0 Å². The number of likely N-dealkylation sites (tertiary alicyclic amines) is 2. The third-order valence-electron chi connectivity index (χ3n) is 6.77. The molecule has 2 fully saturated rings. The fraction of sp³-hybridized carbons (Fsp3) is 0.520. The van der Waals surface area contributed by atoms with E-state index in [9.17, 15) is 0 Å². The molecule has 1 aliphatic carbocycles. The number of fused-ring (bicyclic) bond motifs is 1. The molecule has 0 N–H and O–H groups in total. The molecule has 5 rings (SSSR count). The van der Waals surface area contributed by atoms with Crippen molar-refractivity contribution in [3.8, 4) is 5.75 Å². The molecular weight excluding hydrogens is 344 g/mol. The highest BCUT2D eigenvalue weighted by molar-refractivity contribution is 5.41. The van der Waals surface area contributed by atoms with Gasteiger partial charge in [-0.25, -0.2) is 0 Å². The maximum atomic E-state index is 6.39. The fourth-order valence-corrected chi connectivity index (χ4v) is 5.33. The van der Waals surface area contributed by atoms with Crippen LogP contribution in [-0.4, -0.2) is 42.1 Å². The number of aryl methyl sites for hydroxylation is 1. The minimum Gasteiger partial charge on any atom is -0.489 e. The maximum absolute atomic E-state index is 6.39. The number of piperidine rings is 1. The first kappa shape index (κ1) is 18.2. The molecule has 2 aromatic rings. The normalized spacial score (nSPS) is 25.7. The van der Waals surface area contributed by atoms with Gasteiger partial charge in [-0.1, -0.05) is 42.8 Å². The van der Waals surface area contributed by atoms with Crippen molar-refractivity contribution in [3.05, 3.63) is 65.2 Å². The molecular formula is C25H32N2O. The van der Waals surface area contributed by atoms with E-state index in [1.54, 1.807) is 5.56 Å². The molecule has 2 aromatic carbocycles. The van der Waals surface area contributed by atoms with Crippen molar-refractivity contribution in [2.24, 2.45) is 0 Å². The van der Waals surface area contributed by atoms with E-state index in [4.69, 9.17) is 4.74 Å². The third kappa shape index (κ3) is 3.97. The van der Waals surface area contributed by atoms with Crippen LogP contribution in [0.2, 0.25) is 0 Å². The lowest BCUT2D eigenvalue weighted by molar-refractivity contribution is 0.163. The molecule has 148 valence electrons. The lowest BCUT2D eigenvalue weighted by atomic mass is 10.0. The summed E-state index contributed by atoms with van der Waals surface area (Å²) in [4.78, 5) is 5.23. The molecule has 0 spiro atoms. The molecule has 2 aliphatic heterocycles. The highest BCUT2D eigenvalue weighted by atomic mass is 16.5. The molecule has 0 aromatic heterocycles. The van der Waals surface area contributed by atoms with Crippen molar-refractivity contribution in [1.82, 2.24) is 9.80 Å². The van der Waals surface area contributed by atoms with Crippen LogP contribution in [0.25, 0.3) is 0 Å². The number of nitrogens with zero attached hydrogens (tertiary/aromatic N) is 2. The van der Waals surface area contributed by atoms with Gasteiger partial charge in [0.25, 0.3) is 0 Å². The zero-order chi connectivity index (χ0) is 18.8. The SMILES string of the molecule is c1ccc(CN2CCC(Oc3ccc4c(c3)CCC4N3CCCCC3)C2)cc1. The van der Waals surface area contributed by atoms with Crippen molar-refractivity contribution in [2.45, 2.75) is 57.2 Å². The van der Waals surface area contributed by atoms with E-state index in [0.29, 0.717) is 12.1 Å². The molecule has 0 radical (unpaired) electrons. The molecule has 0 amide bonds. The predicted molar refractivity (Wildman–Crippen MR) is 114 cm³/mol. The first-order valence-corrected chi connectivity index (χ1v) is 11.1. The van der Waals surface area contributed by atoms with E-state index >= 15 is 0 Å². The highest BCUT2D eigenvalue weighted by Crippen LogP contribution is 2.39. The average molecular weight is 377 g/mol. The maximum Gasteiger partial charge on any atom is 0.120 e. The number of ether oxygens (including phenoxy) is 1. The Morgan fingerprint density at radius 2 is 1.75 bits per heavy atom. The number of hydrogen-bond donors (Lipinski definition) is 0. The number of benzene rings is 2. The van der Waals surface area contributed by atoms with Gasteiger partial charge in [0.15, 0.2) is 0 Å². The first-order valence-electron chi connectivity index (χ1n) is 11.1. The van der Waals surface area contributed by atoms with Crippen LogP contribution in [0.3, 0.4) is 0 Å². The van der Waals surface area contributed by atoms with Crippen LogP contribution in [0.5, 0.6) is 5.75 Å². The average Bonchev–Trinajstić information content (AvgIpc) is 3.36. The molecule has 28 heavy (non-hydrogen) atoms. The minimum absolute atomic E-state index is 0.320. The van der Waals surface area contributed by atoms with Gasteiger partial charge in [0.1, 0.15) is 11.9 Å². The number of rotatable bonds is 5. The third-order valence-corrected chi connectivity index (χ3v) is 6.77. The molecule has 2 atom stereocenters. The molecule has 3 nitrogen and oxygen atoms in total. The summed E-state index contributed by atoms with van der Waals surface area (Å²) >= 11 is 0. The Kier molecular flexibility index (Phi) is 5.37. The molecule has 3 aliphatic rings. The van der Waals surface area contributed by atoms with Crippen LogP contribution in [-0.2, 0) is 13.0 Å². The van der Waals surface area contributed by atoms with Gasteiger partial charge in [0.2, 0.25) is 0 Å². The molecule has 2 heterocycles. The Morgan fingerprint density at radius 3 is 2.61 bits per heavy atom. The van der Waals surface area contributed by atoms with Crippen molar-refractivity contribution in [2.75, 3.05) is 26.2 Å². The Hall–Kier alpha value is -1.84. The number of hydrogen-bond acceptors (Lipinski definition) is 3. The summed E-state index contributed by atoms with van der Waals surface area (Å²) in [5.41, 5.74) is 4.48. The molecule has 0 saturated carbocycles. The van der Waals surface area contributed by atoms with Crippen LogP contribution in [0.1, 0.15) is 54.8 Å². The van der Waals surface area contributed by atoms with Crippen LogP contribution in [0.15, 0.2) is 48.5 Å². The molecule has 2 saturated heterocycles. The quantitative estimate of drug-likeness (QED) is 0.744. The largest absolute Gasteiger partial charge is 0.489 e. The Bertz CT molecular complexity index is 784. The van der Waals surface area contributed by atoms with Gasteiger partial charge >= 0.3 is 0 Å². The fourth-order valence-electron chi connectivity index (χ4n) is 5.33. The van der Waals surface area contributed by atoms with E-state index in [1.165, 1.54) is 56.3 Å². The van der Waals surface area contributed by atoms with E-state index in [2.05, 4.69) is 58.3 Å². The van der Waals surface area contributed by atoms with Crippen molar-refractivity contribution in [1.29, 1.82) is 0 Å². The van der Waals surface area contributed by atoms with Gasteiger partial charge in [-0.05, 0) is 74.0 Å². The summed E-state index contributed by atoms with van der Waals surface area (Å²) in [6.07, 6.45) is 8.08. The lowest BCUT2D eigenvalue weighted by Gasteiger charge is -2.32. The summed E-state index contributed by atoms with van der Waals surface area (Å²) in [5.74, 6) is 1.07. The Morgan fingerprint density at radius 1 is 0.893 bits per heavy atom. The highest BCUT2D eigenvalue weighted by Gasteiger charge is 2.29. The van der Waals surface area contributed by atoms with E-state index in [0.717, 1.165) is 31.8 Å². The van der Waals surface area contributed by atoms with Crippen LogP contribution < -0.4 is 4.74 Å². The van der Waals surface area contributed by atoms with Crippen molar-refractivity contribution < 1.29 is 4.74 Å². The van der Waals surface area contributed by atoms with Gasteiger partial charge < -0.3 is 4.74 Å². The smallest absolute Gasteiger partial charge is 0.120 e. The molecule has 2 unspecified atom stereocenters. The van der Waals surface area contributed by atoms with Crippen LogP contribution in [0.4, 0.5) is 0 Å². The zero-order valence-corrected chi connectivity index (χ0v) is 16.9. The van der Waals surface area contributed by atoms with Crippen LogP contribution in [0, 0.1) is 0 Å². The standard InChI is InChI=1S/C25H32N2O/c1-3-7-20(8-4-1)18-26-16-13-23(19-26)28-22-10-11-24-21(17-22)9-12-25(24)27-14-5-2-6-15-27/h1,3-4,7-8,10-11,17,23,25H,2,5-6,9,12-16,18-19H2. The summed E-state index contributed by atoms with van der Waals surface area (Å²) in [6.45, 7) is 5.75. The second kappa shape index (κ2) is 8.26. The van der Waals surface area contributed by atoms with Gasteiger partial charge in [0.05, 0.1) is 0 Å². The van der Waals surface area contributed by atoms with E-state index in [1.807, 2.05) is 0 Å². The first-order chi connectivity index (χ1) is 13.8. The molecule has 3 heteroatoms. The summed E-state index contributed by atoms with van der Waals surface area (Å²) in [7, 11) is 0. The van der Waals surface area contributed by atoms with Gasteiger partial charge in [-0.2, -0.15) is 0 Å². The van der Waals surface area contributed by atoms with Gasteiger partial charge in [-0.15, -0.1) is 0 Å². The summed E-state index contributed by atoms with van der Waals surface area (Å²) < 4.78 is 6.39. The van der Waals surface area contributed by atoms with Gasteiger partial charge in [-0.3, -0.25) is 9.80 Å². The van der Waals surface area contributed by atoms with Crippen molar-refractivity contribution in [3.63, 3.8) is 0 Å². The zero-order valence-electron chi connectivity index (χ0n) is 16.9. The summed E-state index contributed by atoms with van der Waals surface area (Å²) in [5, 5.41) is 0.